The van der Waals surface area contributed by atoms with Crippen molar-refractivity contribution in [3.63, 3.8) is 0 Å². The van der Waals surface area contributed by atoms with Gasteiger partial charge in [0.1, 0.15) is 5.75 Å². The summed E-state index contributed by atoms with van der Waals surface area (Å²) in [7, 11) is -1.58. The summed E-state index contributed by atoms with van der Waals surface area (Å²) in [5.41, 5.74) is 1.20. The third-order valence-corrected chi connectivity index (χ3v) is 5.59. The third-order valence-electron chi connectivity index (χ3n) is 4.32. The lowest BCUT2D eigenvalue weighted by Gasteiger charge is -2.30. The first kappa shape index (κ1) is 18.7. The lowest BCUT2D eigenvalue weighted by atomic mass is 9.99. The van der Waals surface area contributed by atoms with Gasteiger partial charge in [0, 0.05) is 19.6 Å². The van der Waals surface area contributed by atoms with Crippen molar-refractivity contribution in [2.45, 2.75) is 25.7 Å². The van der Waals surface area contributed by atoms with Crippen molar-refractivity contribution in [1.29, 1.82) is 0 Å². The van der Waals surface area contributed by atoms with E-state index in [1.807, 2.05) is 24.3 Å². The number of sulfonamides is 1. The summed E-state index contributed by atoms with van der Waals surface area (Å²) < 4.78 is 29.7. The number of benzene rings is 1. The summed E-state index contributed by atoms with van der Waals surface area (Å²) in [6.07, 6.45) is 4.40. The smallest absolute Gasteiger partial charge is 0.224 e. The van der Waals surface area contributed by atoms with E-state index < -0.39 is 10.0 Å². The molecule has 6 nitrogen and oxygen atoms in total. The quantitative estimate of drug-likeness (QED) is 0.752. The van der Waals surface area contributed by atoms with Gasteiger partial charge in [-0.3, -0.25) is 4.79 Å². The first-order valence-corrected chi connectivity index (χ1v) is 10.1. The summed E-state index contributed by atoms with van der Waals surface area (Å²) in [5.74, 6) is 0.548. The number of amides is 1. The number of hydrogen-bond donors (Lipinski definition) is 1. The average molecular weight is 354 g/mol. The van der Waals surface area contributed by atoms with Crippen LogP contribution in [0.15, 0.2) is 24.3 Å². The maximum absolute atomic E-state index is 12.2. The van der Waals surface area contributed by atoms with Crippen LogP contribution >= 0.6 is 0 Å². The van der Waals surface area contributed by atoms with Crippen molar-refractivity contribution < 1.29 is 17.9 Å². The van der Waals surface area contributed by atoms with E-state index in [9.17, 15) is 13.2 Å². The van der Waals surface area contributed by atoms with Crippen molar-refractivity contribution in [1.82, 2.24) is 9.62 Å². The van der Waals surface area contributed by atoms with Crippen molar-refractivity contribution in [2.24, 2.45) is 5.92 Å². The van der Waals surface area contributed by atoms with Crippen LogP contribution in [0.2, 0.25) is 0 Å². The number of rotatable bonds is 7. The van der Waals surface area contributed by atoms with Crippen LogP contribution in [0, 0.1) is 5.92 Å². The van der Waals surface area contributed by atoms with Gasteiger partial charge in [-0.05, 0) is 43.4 Å². The molecule has 1 heterocycles. The zero-order chi connectivity index (χ0) is 17.6. The highest BCUT2D eigenvalue weighted by Crippen LogP contribution is 2.19. The average Bonchev–Trinajstić information content (AvgIpc) is 2.58. The fourth-order valence-corrected chi connectivity index (χ4v) is 3.81. The van der Waals surface area contributed by atoms with Gasteiger partial charge in [-0.25, -0.2) is 12.7 Å². The van der Waals surface area contributed by atoms with Gasteiger partial charge in [-0.15, -0.1) is 0 Å². The highest BCUT2D eigenvalue weighted by atomic mass is 32.2. The Hall–Kier alpha value is -1.60. The molecule has 1 aromatic carbocycles. The molecule has 1 aliphatic heterocycles. The van der Waals surface area contributed by atoms with Crippen LogP contribution in [0.25, 0.3) is 0 Å². The molecule has 1 N–H and O–H groups in total. The van der Waals surface area contributed by atoms with Crippen LogP contribution in [0.4, 0.5) is 0 Å². The van der Waals surface area contributed by atoms with E-state index in [0.29, 0.717) is 19.6 Å². The lowest BCUT2D eigenvalue weighted by molar-refractivity contribution is -0.126. The molecule has 0 aliphatic carbocycles. The molecule has 1 aliphatic rings. The van der Waals surface area contributed by atoms with Gasteiger partial charge in [-0.1, -0.05) is 12.1 Å². The number of aryl methyl sites for hydroxylation is 1. The Morgan fingerprint density at radius 2 is 2.04 bits per heavy atom. The lowest BCUT2D eigenvalue weighted by Crippen LogP contribution is -2.45. The van der Waals surface area contributed by atoms with Gasteiger partial charge in [-0.2, -0.15) is 0 Å². The summed E-state index contributed by atoms with van der Waals surface area (Å²) >= 11 is 0. The minimum atomic E-state index is -3.22. The van der Waals surface area contributed by atoms with Gasteiger partial charge in [0.2, 0.25) is 15.9 Å². The molecule has 1 unspecified atom stereocenters. The number of carbonyl (C=O) groups is 1. The molecular formula is C17H26N2O4S. The van der Waals surface area contributed by atoms with Crippen molar-refractivity contribution >= 4 is 15.9 Å². The number of hydrogen-bond acceptors (Lipinski definition) is 4. The Balaban J connectivity index is 1.72. The van der Waals surface area contributed by atoms with E-state index in [1.165, 1.54) is 16.1 Å². The van der Waals surface area contributed by atoms with Crippen molar-refractivity contribution in [3.05, 3.63) is 29.8 Å². The first-order valence-electron chi connectivity index (χ1n) is 8.26. The minimum Gasteiger partial charge on any atom is -0.497 e. The predicted molar refractivity (Wildman–Crippen MR) is 93.5 cm³/mol. The summed E-state index contributed by atoms with van der Waals surface area (Å²) in [5, 5.41) is 2.93. The fourth-order valence-electron chi connectivity index (χ4n) is 2.90. The molecule has 7 heteroatoms. The number of carbonyl (C=O) groups excluding carboxylic acids is 1. The van der Waals surface area contributed by atoms with E-state index in [4.69, 9.17) is 4.74 Å². The molecule has 1 saturated heterocycles. The number of methoxy groups -OCH3 is 1. The Kier molecular flexibility index (Phi) is 6.62. The second-order valence-corrected chi connectivity index (χ2v) is 8.19. The fraction of sp³-hybridized carbons (Fsp3) is 0.588. The topological polar surface area (TPSA) is 75.7 Å². The van der Waals surface area contributed by atoms with Gasteiger partial charge in [0.05, 0.1) is 19.3 Å². The molecule has 0 aromatic heterocycles. The van der Waals surface area contributed by atoms with E-state index in [0.717, 1.165) is 31.4 Å². The molecular weight excluding hydrogens is 328 g/mol. The zero-order valence-corrected chi connectivity index (χ0v) is 15.1. The first-order chi connectivity index (χ1) is 11.4. The van der Waals surface area contributed by atoms with E-state index in [2.05, 4.69) is 5.32 Å². The number of nitrogens with zero attached hydrogens (tertiary/aromatic N) is 1. The second-order valence-electron chi connectivity index (χ2n) is 6.20. The number of piperidine rings is 1. The standard InChI is InChI=1S/C17H26N2O4S/c1-23-16-9-7-14(8-10-16)5-3-11-18-17(20)15-6-4-12-19(13-15)24(2,21)22/h7-10,15H,3-6,11-13H2,1-2H3,(H,18,20). The Morgan fingerprint density at radius 1 is 1.33 bits per heavy atom. The molecule has 1 aromatic rings. The van der Waals surface area contributed by atoms with Gasteiger partial charge in [0.15, 0.2) is 0 Å². The molecule has 2 rings (SSSR count). The van der Waals surface area contributed by atoms with Gasteiger partial charge < -0.3 is 10.1 Å². The highest BCUT2D eigenvalue weighted by molar-refractivity contribution is 7.88. The van der Waals surface area contributed by atoms with E-state index >= 15 is 0 Å². The Bertz CT molecular complexity index is 643. The van der Waals surface area contributed by atoms with Crippen molar-refractivity contribution in [2.75, 3.05) is 33.0 Å². The van der Waals surface area contributed by atoms with Gasteiger partial charge in [0.25, 0.3) is 0 Å². The maximum atomic E-state index is 12.2. The Labute approximate surface area is 144 Å². The number of nitrogens with one attached hydrogen (secondary N) is 1. The van der Waals surface area contributed by atoms with Crippen LogP contribution in [-0.2, 0) is 21.2 Å². The van der Waals surface area contributed by atoms with Crippen LogP contribution in [0.5, 0.6) is 5.75 Å². The summed E-state index contributed by atoms with van der Waals surface area (Å²) in [6.45, 7) is 1.41. The van der Waals surface area contributed by atoms with Crippen LogP contribution < -0.4 is 10.1 Å². The van der Waals surface area contributed by atoms with E-state index in [-0.39, 0.29) is 11.8 Å². The maximum Gasteiger partial charge on any atom is 0.224 e. The molecule has 0 saturated carbocycles. The minimum absolute atomic E-state index is 0.0434. The highest BCUT2D eigenvalue weighted by Gasteiger charge is 2.29. The van der Waals surface area contributed by atoms with Gasteiger partial charge >= 0.3 is 0 Å². The van der Waals surface area contributed by atoms with Crippen molar-refractivity contribution in [3.8, 4) is 5.75 Å². The summed E-state index contributed by atoms with van der Waals surface area (Å²) in [4.78, 5) is 12.2. The summed E-state index contributed by atoms with van der Waals surface area (Å²) in [6, 6.07) is 7.89. The normalized spacial score (nSPS) is 19.0. The van der Waals surface area contributed by atoms with Crippen LogP contribution in [-0.4, -0.2) is 51.6 Å². The molecule has 134 valence electrons. The molecule has 1 amide bonds. The molecule has 0 radical (unpaired) electrons. The third kappa shape index (κ3) is 5.49. The van der Waals surface area contributed by atoms with E-state index in [1.54, 1.807) is 7.11 Å². The number of ether oxygens (including phenoxy) is 1. The van der Waals surface area contributed by atoms with Crippen LogP contribution in [0.1, 0.15) is 24.8 Å². The molecule has 0 bridgehead atoms. The second kappa shape index (κ2) is 8.48. The molecule has 1 atom stereocenters. The predicted octanol–water partition coefficient (Wildman–Crippen LogP) is 1.42. The monoisotopic (exact) mass is 354 g/mol. The van der Waals surface area contributed by atoms with Crippen LogP contribution in [0.3, 0.4) is 0 Å². The zero-order valence-electron chi connectivity index (χ0n) is 14.3. The molecule has 24 heavy (non-hydrogen) atoms. The largest absolute Gasteiger partial charge is 0.497 e. The Morgan fingerprint density at radius 3 is 2.67 bits per heavy atom. The molecule has 0 spiro atoms. The SMILES string of the molecule is COc1ccc(CCCNC(=O)C2CCCN(S(C)(=O)=O)C2)cc1. The molecule has 1 fully saturated rings.